The maximum atomic E-state index is 13.0. The normalized spacial score (nSPS) is 33.8. The van der Waals surface area contributed by atoms with Gasteiger partial charge in [-0.3, -0.25) is 0 Å². The Morgan fingerprint density at radius 2 is 1.55 bits per heavy atom. The molecule has 5 fully saturated rings. The summed E-state index contributed by atoms with van der Waals surface area (Å²) in [4.78, 5) is 16.7. The van der Waals surface area contributed by atoms with Gasteiger partial charge in [-0.2, -0.15) is 13.2 Å². The molecule has 7 heteroatoms. The lowest BCUT2D eigenvalue weighted by Gasteiger charge is -2.57. The highest BCUT2D eigenvalue weighted by Gasteiger charge is 2.51. The van der Waals surface area contributed by atoms with Crippen molar-refractivity contribution < 1.29 is 18.0 Å². The van der Waals surface area contributed by atoms with Crippen LogP contribution in [-0.2, 0) is 6.18 Å². The van der Waals surface area contributed by atoms with E-state index in [2.05, 4.69) is 5.32 Å². The molecule has 0 radical (unpaired) electrons. The molecule has 0 unspecified atom stereocenters. The standard InChI is InChI=1S/C22H28F3N3O/c23-22(24,25)18-2-1-3-19(11-18)27-4-6-28(7-5-27)20(29)26-21-12-15-8-16(13-21)10-17(9-15)14-21/h1-3,11,15-17H,4-10,12-14H2,(H,26,29). The van der Waals surface area contributed by atoms with Crippen LogP contribution in [-0.4, -0.2) is 42.6 Å². The zero-order valence-corrected chi connectivity index (χ0v) is 16.5. The molecule has 4 saturated carbocycles. The highest BCUT2D eigenvalue weighted by Crippen LogP contribution is 2.55. The van der Waals surface area contributed by atoms with E-state index in [1.54, 1.807) is 6.07 Å². The Kier molecular flexibility index (Phi) is 4.48. The van der Waals surface area contributed by atoms with Gasteiger partial charge in [-0.05, 0) is 74.5 Å². The second-order valence-electron chi connectivity index (χ2n) is 9.65. The smallest absolute Gasteiger partial charge is 0.368 e. The lowest BCUT2D eigenvalue weighted by atomic mass is 9.53. The van der Waals surface area contributed by atoms with Crippen molar-refractivity contribution in [2.75, 3.05) is 31.1 Å². The van der Waals surface area contributed by atoms with Crippen LogP contribution in [0.25, 0.3) is 0 Å². The van der Waals surface area contributed by atoms with Gasteiger partial charge in [-0.15, -0.1) is 0 Å². The first-order chi connectivity index (χ1) is 13.8. The monoisotopic (exact) mass is 407 g/mol. The number of piperazine rings is 1. The molecule has 1 saturated heterocycles. The number of nitrogens with one attached hydrogen (secondary N) is 1. The van der Waals surface area contributed by atoms with Crippen molar-refractivity contribution in [2.24, 2.45) is 17.8 Å². The van der Waals surface area contributed by atoms with Gasteiger partial charge in [0, 0.05) is 37.4 Å². The minimum absolute atomic E-state index is 0.00985. The van der Waals surface area contributed by atoms with E-state index >= 15 is 0 Å². The quantitative estimate of drug-likeness (QED) is 0.783. The van der Waals surface area contributed by atoms with E-state index in [-0.39, 0.29) is 11.6 Å². The molecule has 4 bridgehead atoms. The molecule has 2 amide bonds. The van der Waals surface area contributed by atoms with Crippen molar-refractivity contribution >= 4 is 11.7 Å². The Hall–Kier alpha value is -1.92. The molecule has 5 aliphatic rings. The van der Waals surface area contributed by atoms with Gasteiger partial charge in [0.15, 0.2) is 0 Å². The number of alkyl halides is 3. The van der Waals surface area contributed by atoms with Gasteiger partial charge in [0.1, 0.15) is 0 Å². The average molecular weight is 407 g/mol. The predicted molar refractivity (Wildman–Crippen MR) is 105 cm³/mol. The van der Waals surface area contributed by atoms with Gasteiger partial charge in [0.2, 0.25) is 0 Å². The minimum Gasteiger partial charge on any atom is -0.368 e. The molecule has 1 aromatic carbocycles. The molecule has 1 aromatic rings. The van der Waals surface area contributed by atoms with Crippen LogP contribution in [0, 0.1) is 17.8 Å². The Morgan fingerprint density at radius 1 is 0.966 bits per heavy atom. The SMILES string of the molecule is O=C(NC12CC3CC(CC(C3)C1)C2)N1CCN(c2cccc(C(F)(F)F)c2)CC1. The summed E-state index contributed by atoms with van der Waals surface area (Å²) in [5, 5.41) is 3.40. The molecule has 4 nitrogen and oxygen atoms in total. The first-order valence-electron chi connectivity index (χ1n) is 10.8. The van der Waals surface area contributed by atoms with Crippen LogP contribution in [0.1, 0.15) is 44.1 Å². The summed E-state index contributed by atoms with van der Waals surface area (Å²) in [5.74, 6) is 2.33. The first-order valence-corrected chi connectivity index (χ1v) is 10.8. The first kappa shape index (κ1) is 19.1. The minimum atomic E-state index is -4.34. The van der Waals surface area contributed by atoms with Gasteiger partial charge < -0.3 is 15.1 Å². The molecule has 0 aromatic heterocycles. The Labute approximate surface area is 169 Å². The highest BCUT2D eigenvalue weighted by atomic mass is 19.4. The summed E-state index contributed by atoms with van der Waals surface area (Å²) < 4.78 is 38.9. The fraction of sp³-hybridized carbons (Fsp3) is 0.682. The van der Waals surface area contributed by atoms with Crippen LogP contribution >= 0.6 is 0 Å². The molecule has 4 aliphatic carbocycles. The van der Waals surface area contributed by atoms with E-state index < -0.39 is 11.7 Å². The number of benzene rings is 1. The molecule has 158 valence electrons. The summed E-state index contributed by atoms with van der Waals surface area (Å²) in [6.45, 7) is 2.17. The summed E-state index contributed by atoms with van der Waals surface area (Å²) in [7, 11) is 0. The van der Waals surface area contributed by atoms with E-state index in [9.17, 15) is 18.0 Å². The zero-order chi connectivity index (χ0) is 20.2. The Bertz CT molecular complexity index is 750. The van der Waals surface area contributed by atoms with Crippen LogP contribution in [0.5, 0.6) is 0 Å². The topological polar surface area (TPSA) is 35.6 Å². The number of rotatable bonds is 2. The molecule has 1 heterocycles. The van der Waals surface area contributed by atoms with Gasteiger partial charge in [-0.25, -0.2) is 4.79 Å². The van der Waals surface area contributed by atoms with Crippen molar-refractivity contribution in [3.63, 3.8) is 0 Å². The predicted octanol–water partition coefficient (Wildman–Crippen LogP) is 4.51. The van der Waals surface area contributed by atoms with E-state index in [0.29, 0.717) is 31.9 Å². The number of nitrogens with zero attached hydrogens (tertiary/aromatic N) is 2. The number of hydrogen-bond acceptors (Lipinski definition) is 2. The molecular formula is C22H28F3N3O. The van der Waals surface area contributed by atoms with Gasteiger partial charge >= 0.3 is 12.2 Å². The number of anilines is 1. The fourth-order valence-electron chi connectivity index (χ4n) is 6.62. The lowest BCUT2D eigenvalue weighted by Crippen LogP contribution is -2.63. The fourth-order valence-corrected chi connectivity index (χ4v) is 6.62. The lowest BCUT2D eigenvalue weighted by molar-refractivity contribution is -0.137. The van der Waals surface area contributed by atoms with Crippen LogP contribution in [0.3, 0.4) is 0 Å². The highest BCUT2D eigenvalue weighted by molar-refractivity contribution is 5.75. The Morgan fingerprint density at radius 3 is 2.10 bits per heavy atom. The van der Waals surface area contributed by atoms with Crippen molar-refractivity contribution in [2.45, 2.75) is 50.2 Å². The molecule has 1 aliphatic heterocycles. The molecule has 0 atom stereocenters. The summed E-state index contributed by atoms with van der Waals surface area (Å²) in [6.07, 6.45) is 3.04. The summed E-state index contributed by atoms with van der Waals surface area (Å²) >= 11 is 0. The van der Waals surface area contributed by atoms with Crippen molar-refractivity contribution in [3.05, 3.63) is 29.8 Å². The van der Waals surface area contributed by atoms with E-state index in [0.717, 1.165) is 43.1 Å². The van der Waals surface area contributed by atoms with Crippen LogP contribution in [0.4, 0.5) is 23.7 Å². The van der Waals surface area contributed by atoms with Crippen molar-refractivity contribution in [3.8, 4) is 0 Å². The number of halogens is 3. The molecule has 6 rings (SSSR count). The van der Waals surface area contributed by atoms with Gasteiger partial charge in [0.25, 0.3) is 0 Å². The maximum absolute atomic E-state index is 13.0. The number of hydrogen-bond donors (Lipinski definition) is 1. The van der Waals surface area contributed by atoms with Crippen molar-refractivity contribution in [1.29, 1.82) is 0 Å². The third kappa shape index (κ3) is 3.68. The number of amides is 2. The molecule has 1 N–H and O–H groups in total. The van der Waals surface area contributed by atoms with Crippen LogP contribution in [0.15, 0.2) is 24.3 Å². The second kappa shape index (κ2) is 6.81. The molecule has 29 heavy (non-hydrogen) atoms. The summed E-state index contributed by atoms with van der Waals surface area (Å²) in [6, 6.07) is 5.46. The summed E-state index contributed by atoms with van der Waals surface area (Å²) in [5.41, 5.74) is -0.0674. The van der Waals surface area contributed by atoms with E-state index in [4.69, 9.17) is 0 Å². The number of carbonyl (C=O) groups excluding carboxylic acids is 1. The molecule has 0 spiro atoms. The third-order valence-corrected chi connectivity index (χ3v) is 7.52. The Balaban J connectivity index is 1.20. The number of carbonyl (C=O) groups is 1. The third-order valence-electron chi connectivity index (χ3n) is 7.52. The largest absolute Gasteiger partial charge is 0.416 e. The van der Waals surface area contributed by atoms with Crippen molar-refractivity contribution in [1.82, 2.24) is 10.2 Å². The van der Waals surface area contributed by atoms with Crippen LogP contribution < -0.4 is 10.2 Å². The molecular weight excluding hydrogens is 379 g/mol. The average Bonchev–Trinajstić information content (AvgIpc) is 2.66. The number of urea groups is 1. The second-order valence-corrected chi connectivity index (χ2v) is 9.65. The van der Waals surface area contributed by atoms with E-state index in [1.165, 1.54) is 31.4 Å². The van der Waals surface area contributed by atoms with Gasteiger partial charge in [0.05, 0.1) is 5.56 Å². The van der Waals surface area contributed by atoms with E-state index in [1.807, 2.05) is 9.80 Å². The van der Waals surface area contributed by atoms with Crippen LogP contribution in [0.2, 0.25) is 0 Å². The maximum Gasteiger partial charge on any atom is 0.416 e. The van der Waals surface area contributed by atoms with Gasteiger partial charge in [-0.1, -0.05) is 6.07 Å². The zero-order valence-electron chi connectivity index (χ0n) is 16.5.